The summed E-state index contributed by atoms with van der Waals surface area (Å²) >= 11 is 7.10. The van der Waals surface area contributed by atoms with Crippen molar-refractivity contribution < 1.29 is 4.21 Å². The SMILES string of the molecule is CC(C)(C)[S@@](=O)N[C@@H]1CCc2c(Br)cccc21.N[C@@H]1CCc2c(Br)cccc21. The molecule has 0 bridgehead atoms. The van der Waals surface area contributed by atoms with E-state index in [4.69, 9.17) is 5.73 Å². The van der Waals surface area contributed by atoms with Crippen LogP contribution in [0.4, 0.5) is 0 Å². The monoisotopic (exact) mass is 526 g/mol. The lowest BCUT2D eigenvalue weighted by atomic mass is 10.1. The first-order valence-corrected chi connectivity index (χ1v) is 12.4. The van der Waals surface area contributed by atoms with E-state index in [1.54, 1.807) is 0 Å². The van der Waals surface area contributed by atoms with E-state index in [1.807, 2.05) is 32.9 Å². The molecule has 0 spiro atoms. The van der Waals surface area contributed by atoms with Crippen molar-refractivity contribution in [3.63, 3.8) is 0 Å². The molecule has 2 aromatic rings. The smallest absolute Gasteiger partial charge is 0.0975 e. The van der Waals surface area contributed by atoms with Crippen molar-refractivity contribution in [3.8, 4) is 0 Å². The highest BCUT2D eigenvalue weighted by molar-refractivity contribution is 9.10. The van der Waals surface area contributed by atoms with Gasteiger partial charge in [-0.1, -0.05) is 56.1 Å². The Morgan fingerprint density at radius 3 is 2.07 bits per heavy atom. The number of hydrogen-bond acceptors (Lipinski definition) is 2. The minimum atomic E-state index is -1.01. The Hall–Kier alpha value is -0.530. The summed E-state index contributed by atoms with van der Waals surface area (Å²) in [6, 6.07) is 13.0. The molecule has 4 rings (SSSR count). The van der Waals surface area contributed by atoms with E-state index in [9.17, 15) is 4.21 Å². The van der Waals surface area contributed by atoms with Gasteiger partial charge in [-0.15, -0.1) is 0 Å². The van der Waals surface area contributed by atoms with Crippen molar-refractivity contribution in [2.45, 2.75) is 63.3 Å². The Bertz CT molecular complexity index is 879. The summed E-state index contributed by atoms with van der Waals surface area (Å²) in [5.41, 5.74) is 11.3. The molecule has 28 heavy (non-hydrogen) atoms. The van der Waals surface area contributed by atoms with Gasteiger partial charge in [0.25, 0.3) is 0 Å². The van der Waals surface area contributed by atoms with Crippen molar-refractivity contribution in [2.24, 2.45) is 5.73 Å². The average Bonchev–Trinajstić information content (AvgIpc) is 3.21. The molecule has 2 aromatic carbocycles. The topological polar surface area (TPSA) is 55.1 Å². The van der Waals surface area contributed by atoms with E-state index < -0.39 is 11.0 Å². The van der Waals surface area contributed by atoms with Gasteiger partial charge in [-0.05, 0) is 80.8 Å². The molecule has 0 heterocycles. The van der Waals surface area contributed by atoms with E-state index in [0.717, 1.165) is 25.7 Å². The Labute approximate surface area is 187 Å². The van der Waals surface area contributed by atoms with Crippen molar-refractivity contribution in [1.82, 2.24) is 4.72 Å². The van der Waals surface area contributed by atoms with E-state index in [0.29, 0.717) is 0 Å². The molecule has 0 unspecified atom stereocenters. The van der Waals surface area contributed by atoms with E-state index in [1.165, 1.54) is 31.2 Å². The molecule has 0 radical (unpaired) electrons. The fraction of sp³-hybridized carbons (Fsp3) is 0.455. The third-order valence-corrected chi connectivity index (χ3v) is 8.38. The first-order chi connectivity index (χ1) is 13.2. The van der Waals surface area contributed by atoms with Crippen LogP contribution in [0.25, 0.3) is 0 Å². The number of benzene rings is 2. The zero-order valence-electron chi connectivity index (χ0n) is 16.6. The fourth-order valence-corrected chi connectivity index (χ4v) is 5.70. The lowest BCUT2D eigenvalue weighted by molar-refractivity contribution is 0.596. The molecule has 0 saturated heterocycles. The van der Waals surface area contributed by atoms with Gasteiger partial charge in [-0.25, -0.2) is 8.93 Å². The number of nitrogens with two attached hydrogens (primary N) is 1. The minimum absolute atomic E-state index is 0.214. The highest BCUT2D eigenvalue weighted by atomic mass is 79.9. The molecule has 3 nitrogen and oxygen atoms in total. The lowest BCUT2D eigenvalue weighted by Crippen LogP contribution is -2.35. The van der Waals surface area contributed by atoms with Crippen molar-refractivity contribution in [3.05, 3.63) is 67.6 Å². The third-order valence-electron chi connectivity index (χ3n) is 5.28. The average molecular weight is 528 g/mol. The number of halogens is 2. The van der Waals surface area contributed by atoms with Gasteiger partial charge in [0.15, 0.2) is 0 Å². The van der Waals surface area contributed by atoms with Crippen LogP contribution >= 0.6 is 31.9 Å². The van der Waals surface area contributed by atoms with E-state index in [2.05, 4.69) is 60.8 Å². The van der Waals surface area contributed by atoms with E-state index >= 15 is 0 Å². The van der Waals surface area contributed by atoms with Crippen LogP contribution in [-0.4, -0.2) is 8.96 Å². The van der Waals surface area contributed by atoms with Crippen LogP contribution in [0.5, 0.6) is 0 Å². The number of nitrogens with one attached hydrogen (secondary N) is 1. The van der Waals surface area contributed by atoms with Crippen LogP contribution in [-0.2, 0) is 23.8 Å². The van der Waals surface area contributed by atoms with Crippen LogP contribution < -0.4 is 10.5 Å². The van der Waals surface area contributed by atoms with Crippen LogP contribution in [0, 0.1) is 0 Å². The summed E-state index contributed by atoms with van der Waals surface area (Å²) in [6.45, 7) is 5.98. The molecule has 2 aliphatic rings. The second-order valence-corrected chi connectivity index (χ2v) is 12.1. The number of fused-ring (bicyclic) bond motifs is 2. The summed E-state index contributed by atoms with van der Waals surface area (Å²) in [5.74, 6) is 0. The molecule has 0 amide bonds. The normalized spacial score (nSPS) is 21.5. The van der Waals surface area contributed by atoms with Crippen LogP contribution in [0.1, 0.15) is 68.0 Å². The fourth-order valence-electron chi connectivity index (χ4n) is 3.68. The maximum atomic E-state index is 12.1. The van der Waals surface area contributed by atoms with Gasteiger partial charge < -0.3 is 5.73 Å². The molecule has 0 fully saturated rings. The predicted octanol–water partition coefficient (Wildman–Crippen LogP) is 5.88. The quantitative estimate of drug-likeness (QED) is 0.512. The van der Waals surface area contributed by atoms with E-state index in [-0.39, 0.29) is 16.8 Å². The van der Waals surface area contributed by atoms with Crippen LogP contribution in [0.3, 0.4) is 0 Å². The molecule has 3 atom stereocenters. The third kappa shape index (κ3) is 4.96. The number of rotatable bonds is 2. The van der Waals surface area contributed by atoms with Gasteiger partial charge in [-0.3, -0.25) is 0 Å². The van der Waals surface area contributed by atoms with Gasteiger partial charge in [0.2, 0.25) is 0 Å². The van der Waals surface area contributed by atoms with Gasteiger partial charge >= 0.3 is 0 Å². The van der Waals surface area contributed by atoms with Crippen LogP contribution in [0.2, 0.25) is 0 Å². The summed E-state index contributed by atoms with van der Waals surface area (Å²) in [5, 5.41) is 0. The van der Waals surface area contributed by atoms with Gasteiger partial charge in [0, 0.05) is 21.0 Å². The minimum Gasteiger partial charge on any atom is -0.324 e. The summed E-state index contributed by atoms with van der Waals surface area (Å²) in [6.07, 6.45) is 4.30. The Morgan fingerprint density at radius 2 is 1.50 bits per heavy atom. The second-order valence-electron chi connectivity index (χ2n) is 8.35. The molecular formula is C22H28Br2N2OS. The largest absolute Gasteiger partial charge is 0.324 e. The standard InChI is InChI=1S/C13H18BrNOS.C9H10BrN/c1-13(2,3)17(16)15-12-8-7-9-10(12)5-4-6-11(9)14;10-8-3-1-2-7-6(8)4-5-9(7)11/h4-6,12,15H,7-8H2,1-3H3;1-3,9H,4-5,11H2/t12-,17-;9-/m11/s1. The lowest BCUT2D eigenvalue weighted by Gasteiger charge is -2.22. The van der Waals surface area contributed by atoms with Crippen molar-refractivity contribution >= 4 is 42.8 Å². The number of hydrogen-bond donors (Lipinski definition) is 2. The first-order valence-electron chi connectivity index (χ1n) is 9.66. The maximum Gasteiger partial charge on any atom is 0.0975 e. The van der Waals surface area contributed by atoms with Gasteiger partial charge in [-0.2, -0.15) is 0 Å². The molecule has 0 saturated carbocycles. The second kappa shape index (κ2) is 9.09. The predicted molar refractivity (Wildman–Crippen MR) is 126 cm³/mol. The molecule has 0 aliphatic heterocycles. The Balaban J connectivity index is 0.000000176. The molecular weight excluding hydrogens is 500 g/mol. The van der Waals surface area contributed by atoms with Gasteiger partial charge in [0.05, 0.1) is 15.7 Å². The highest BCUT2D eigenvalue weighted by Crippen LogP contribution is 2.36. The summed E-state index contributed by atoms with van der Waals surface area (Å²) < 4.78 is 17.5. The van der Waals surface area contributed by atoms with Crippen molar-refractivity contribution in [2.75, 3.05) is 0 Å². The summed E-state index contributed by atoms with van der Waals surface area (Å²) in [4.78, 5) is 0. The first kappa shape index (κ1) is 22.2. The van der Waals surface area contributed by atoms with Gasteiger partial charge in [0.1, 0.15) is 0 Å². The molecule has 3 N–H and O–H groups in total. The molecule has 6 heteroatoms. The zero-order chi connectivity index (χ0) is 20.5. The molecule has 0 aromatic heterocycles. The zero-order valence-corrected chi connectivity index (χ0v) is 20.6. The Kier molecular flexibility index (Phi) is 7.19. The highest BCUT2D eigenvalue weighted by Gasteiger charge is 2.28. The molecule has 2 aliphatic carbocycles. The van der Waals surface area contributed by atoms with Crippen molar-refractivity contribution in [1.29, 1.82) is 0 Å². The Morgan fingerprint density at radius 1 is 0.964 bits per heavy atom. The van der Waals surface area contributed by atoms with Crippen LogP contribution in [0.15, 0.2) is 45.3 Å². The summed E-state index contributed by atoms with van der Waals surface area (Å²) in [7, 11) is -1.01. The molecule has 152 valence electrons. The maximum absolute atomic E-state index is 12.1.